The van der Waals surface area contributed by atoms with E-state index in [2.05, 4.69) is 10.3 Å². The SMILES string of the molecule is COc1ccc(-c2cc(C(=O)OCC(=O)Nc3c(C)cccc3C)c3ccccc3n2)cc1. The standard InChI is InChI=1S/C27H24N2O4/c1-17-7-6-8-18(2)26(17)29-25(30)16-33-27(31)22-15-24(19-11-13-20(32-3)14-12-19)28-23-10-5-4-9-21(22)23/h4-15H,16H2,1-3H3,(H,29,30). The summed E-state index contributed by atoms with van der Waals surface area (Å²) in [7, 11) is 1.61. The predicted molar refractivity (Wildman–Crippen MR) is 129 cm³/mol. The summed E-state index contributed by atoms with van der Waals surface area (Å²) >= 11 is 0. The Bertz CT molecular complexity index is 1310. The average molecular weight is 440 g/mol. The number of carbonyl (C=O) groups excluding carboxylic acids is 2. The van der Waals surface area contributed by atoms with Crippen LogP contribution in [0.1, 0.15) is 21.5 Å². The molecular formula is C27H24N2O4. The maximum absolute atomic E-state index is 13.0. The zero-order chi connectivity index (χ0) is 23.4. The average Bonchev–Trinajstić information content (AvgIpc) is 2.84. The van der Waals surface area contributed by atoms with Crippen LogP contribution in [0.15, 0.2) is 72.8 Å². The topological polar surface area (TPSA) is 77.5 Å². The van der Waals surface area contributed by atoms with Crippen molar-refractivity contribution in [1.29, 1.82) is 0 Å². The maximum atomic E-state index is 13.0. The summed E-state index contributed by atoms with van der Waals surface area (Å²) in [5, 5.41) is 3.49. The smallest absolute Gasteiger partial charge is 0.339 e. The number of aryl methyl sites for hydroxylation is 2. The van der Waals surface area contributed by atoms with Crippen molar-refractivity contribution in [2.45, 2.75) is 13.8 Å². The Morgan fingerprint density at radius 1 is 0.909 bits per heavy atom. The van der Waals surface area contributed by atoms with Gasteiger partial charge in [0, 0.05) is 16.6 Å². The largest absolute Gasteiger partial charge is 0.497 e. The van der Waals surface area contributed by atoms with Gasteiger partial charge in [0.15, 0.2) is 6.61 Å². The van der Waals surface area contributed by atoms with Crippen molar-refractivity contribution >= 4 is 28.5 Å². The third-order valence-electron chi connectivity index (χ3n) is 5.40. The molecule has 1 amide bonds. The Kier molecular flexibility index (Phi) is 6.36. The number of aromatic nitrogens is 1. The Hall–Kier alpha value is -4.19. The van der Waals surface area contributed by atoms with E-state index in [9.17, 15) is 9.59 Å². The van der Waals surface area contributed by atoms with Crippen LogP contribution < -0.4 is 10.1 Å². The molecule has 0 saturated carbocycles. The lowest BCUT2D eigenvalue weighted by Gasteiger charge is -2.13. The molecule has 0 aliphatic heterocycles. The van der Waals surface area contributed by atoms with Gasteiger partial charge in [-0.05, 0) is 61.4 Å². The van der Waals surface area contributed by atoms with Crippen LogP contribution >= 0.6 is 0 Å². The molecule has 1 aromatic heterocycles. The highest BCUT2D eigenvalue weighted by Crippen LogP contribution is 2.27. The number of carbonyl (C=O) groups is 2. The van der Waals surface area contributed by atoms with E-state index in [1.807, 2.05) is 80.6 Å². The number of amides is 1. The summed E-state index contributed by atoms with van der Waals surface area (Å²) in [6.45, 7) is 3.44. The first-order valence-corrected chi connectivity index (χ1v) is 10.5. The first-order chi connectivity index (χ1) is 16.0. The van der Waals surface area contributed by atoms with Crippen LogP contribution in [-0.4, -0.2) is 30.6 Å². The van der Waals surface area contributed by atoms with Crippen molar-refractivity contribution in [3.05, 3.63) is 89.5 Å². The van der Waals surface area contributed by atoms with Gasteiger partial charge >= 0.3 is 5.97 Å². The number of anilines is 1. The van der Waals surface area contributed by atoms with Crippen molar-refractivity contribution in [2.24, 2.45) is 0 Å². The third-order valence-corrected chi connectivity index (χ3v) is 5.40. The predicted octanol–water partition coefficient (Wildman–Crippen LogP) is 5.32. The van der Waals surface area contributed by atoms with Crippen molar-refractivity contribution in [3.63, 3.8) is 0 Å². The Morgan fingerprint density at radius 2 is 1.61 bits per heavy atom. The molecule has 0 spiro atoms. The number of rotatable bonds is 6. The number of fused-ring (bicyclic) bond motifs is 1. The molecule has 0 aliphatic carbocycles. The number of nitrogens with zero attached hydrogens (tertiary/aromatic N) is 1. The van der Waals surface area contributed by atoms with Crippen molar-refractivity contribution in [2.75, 3.05) is 19.0 Å². The lowest BCUT2D eigenvalue weighted by molar-refractivity contribution is -0.119. The van der Waals surface area contributed by atoms with Gasteiger partial charge in [0.1, 0.15) is 5.75 Å². The van der Waals surface area contributed by atoms with Gasteiger partial charge in [-0.15, -0.1) is 0 Å². The lowest BCUT2D eigenvalue weighted by atomic mass is 10.0. The van der Waals surface area contributed by atoms with Crippen LogP contribution in [0.2, 0.25) is 0 Å². The van der Waals surface area contributed by atoms with Crippen molar-refractivity contribution in [1.82, 2.24) is 4.98 Å². The number of methoxy groups -OCH3 is 1. The van der Waals surface area contributed by atoms with Crippen LogP contribution in [0.4, 0.5) is 5.69 Å². The molecule has 0 bridgehead atoms. The monoisotopic (exact) mass is 440 g/mol. The van der Waals surface area contributed by atoms with Gasteiger partial charge in [-0.1, -0.05) is 36.4 Å². The number of nitrogens with one attached hydrogen (secondary N) is 1. The van der Waals surface area contributed by atoms with Gasteiger partial charge in [0.25, 0.3) is 5.91 Å². The van der Waals surface area contributed by atoms with Gasteiger partial charge in [-0.2, -0.15) is 0 Å². The van der Waals surface area contributed by atoms with E-state index in [4.69, 9.17) is 9.47 Å². The van der Waals surface area contributed by atoms with Gasteiger partial charge in [-0.3, -0.25) is 4.79 Å². The maximum Gasteiger partial charge on any atom is 0.339 e. The number of ether oxygens (including phenoxy) is 2. The van der Waals surface area contributed by atoms with Gasteiger partial charge < -0.3 is 14.8 Å². The van der Waals surface area contributed by atoms with E-state index in [0.29, 0.717) is 22.2 Å². The molecule has 6 heteroatoms. The summed E-state index contributed by atoms with van der Waals surface area (Å²) < 4.78 is 10.6. The second kappa shape index (κ2) is 9.53. The number of esters is 1. The van der Waals surface area contributed by atoms with Crippen LogP contribution in [0, 0.1) is 13.8 Å². The molecule has 0 unspecified atom stereocenters. The minimum atomic E-state index is -0.583. The fraction of sp³-hybridized carbons (Fsp3) is 0.148. The first kappa shape index (κ1) is 22.0. The molecule has 1 N–H and O–H groups in total. The molecule has 0 atom stereocenters. The summed E-state index contributed by atoms with van der Waals surface area (Å²) in [6, 6.07) is 22.2. The molecule has 33 heavy (non-hydrogen) atoms. The van der Waals surface area contributed by atoms with Crippen molar-refractivity contribution in [3.8, 4) is 17.0 Å². The molecule has 6 nitrogen and oxygen atoms in total. The molecule has 3 aromatic carbocycles. The normalized spacial score (nSPS) is 10.6. The van der Waals surface area contributed by atoms with Crippen molar-refractivity contribution < 1.29 is 19.1 Å². The second-order valence-electron chi connectivity index (χ2n) is 7.69. The number of hydrogen-bond acceptors (Lipinski definition) is 5. The highest BCUT2D eigenvalue weighted by atomic mass is 16.5. The number of pyridine rings is 1. The number of benzene rings is 3. The molecule has 0 saturated heterocycles. The van der Waals surface area contributed by atoms with E-state index in [0.717, 1.165) is 28.1 Å². The highest BCUT2D eigenvalue weighted by molar-refractivity contribution is 6.05. The second-order valence-corrected chi connectivity index (χ2v) is 7.69. The molecule has 4 rings (SSSR count). The van der Waals surface area contributed by atoms with E-state index in [-0.39, 0.29) is 6.61 Å². The van der Waals surface area contributed by atoms with E-state index in [1.54, 1.807) is 13.2 Å². The van der Waals surface area contributed by atoms with Crippen LogP contribution in [0.25, 0.3) is 22.2 Å². The van der Waals surface area contributed by atoms with Crippen LogP contribution in [0.3, 0.4) is 0 Å². The summed E-state index contributed by atoms with van der Waals surface area (Å²) in [4.78, 5) is 30.1. The summed E-state index contributed by atoms with van der Waals surface area (Å²) in [5.41, 5.74) is 5.10. The van der Waals surface area contributed by atoms with Gasteiger partial charge in [0.05, 0.1) is 23.9 Å². The first-order valence-electron chi connectivity index (χ1n) is 10.5. The quantitative estimate of drug-likeness (QED) is 0.411. The van der Waals surface area contributed by atoms with Crippen LogP contribution in [-0.2, 0) is 9.53 Å². The highest BCUT2D eigenvalue weighted by Gasteiger charge is 2.17. The van der Waals surface area contributed by atoms with E-state index in [1.165, 1.54) is 0 Å². The molecule has 166 valence electrons. The summed E-state index contributed by atoms with van der Waals surface area (Å²) in [6.07, 6.45) is 0. The van der Waals surface area contributed by atoms with E-state index >= 15 is 0 Å². The lowest BCUT2D eigenvalue weighted by Crippen LogP contribution is -2.22. The Balaban J connectivity index is 1.57. The molecule has 0 radical (unpaired) electrons. The fourth-order valence-corrected chi connectivity index (χ4v) is 3.65. The van der Waals surface area contributed by atoms with E-state index < -0.39 is 11.9 Å². The molecule has 1 heterocycles. The summed E-state index contributed by atoms with van der Waals surface area (Å²) in [5.74, 6) is -0.247. The zero-order valence-corrected chi connectivity index (χ0v) is 18.7. The third kappa shape index (κ3) is 4.85. The molecular weight excluding hydrogens is 416 g/mol. The molecule has 0 aliphatic rings. The number of hydrogen-bond donors (Lipinski definition) is 1. The zero-order valence-electron chi connectivity index (χ0n) is 18.7. The molecule has 4 aromatic rings. The minimum Gasteiger partial charge on any atom is -0.497 e. The number of para-hydroxylation sites is 2. The van der Waals surface area contributed by atoms with Gasteiger partial charge in [-0.25, -0.2) is 9.78 Å². The van der Waals surface area contributed by atoms with Gasteiger partial charge in [0.2, 0.25) is 0 Å². The van der Waals surface area contributed by atoms with Crippen LogP contribution in [0.5, 0.6) is 5.75 Å². The minimum absolute atomic E-state index is 0.353. The Morgan fingerprint density at radius 3 is 2.30 bits per heavy atom. The fourth-order valence-electron chi connectivity index (χ4n) is 3.65. The Labute approximate surface area is 192 Å². The molecule has 0 fully saturated rings.